The summed E-state index contributed by atoms with van der Waals surface area (Å²) in [5.74, 6) is 0.0152. The molecule has 4 heteroatoms. The van der Waals surface area contributed by atoms with Crippen LogP contribution in [0, 0.1) is 6.92 Å². The number of para-hydroxylation sites is 1. The highest BCUT2D eigenvalue weighted by molar-refractivity contribution is 9.10. The van der Waals surface area contributed by atoms with E-state index in [0.717, 1.165) is 15.6 Å². The van der Waals surface area contributed by atoms with Crippen LogP contribution in [0.4, 0.5) is 5.69 Å². The van der Waals surface area contributed by atoms with Gasteiger partial charge in [0.25, 0.3) is 5.91 Å². The molecule has 0 saturated carbocycles. The summed E-state index contributed by atoms with van der Waals surface area (Å²) in [7, 11) is 0. The predicted molar refractivity (Wildman–Crippen MR) is 90.1 cm³/mol. The number of hydrogen-bond acceptors (Lipinski definition) is 2. The van der Waals surface area contributed by atoms with Gasteiger partial charge in [0, 0.05) is 28.8 Å². The molecule has 2 rings (SSSR count). The number of amides is 1. The van der Waals surface area contributed by atoms with Crippen LogP contribution in [0.2, 0.25) is 0 Å². The fraction of sp³-hybridized carbons (Fsp3) is 0.235. The van der Waals surface area contributed by atoms with E-state index in [0.29, 0.717) is 24.3 Å². The molecule has 0 aliphatic carbocycles. The molecule has 0 unspecified atom stereocenters. The van der Waals surface area contributed by atoms with Crippen molar-refractivity contribution in [3.05, 3.63) is 63.6 Å². The Hall–Kier alpha value is -1.81. The fourth-order valence-electron chi connectivity index (χ4n) is 2.12. The molecule has 3 nitrogen and oxygen atoms in total. The van der Waals surface area contributed by atoms with Crippen molar-refractivity contribution in [3.8, 4) is 0 Å². The Morgan fingerprint density at radius 2 is 1.95 bits per heavy atom. The van der Waals surface area contributed by atoms with E-state index in [-0.39, 0.29) is 5.91 Å². The average Bonchev–Trinajstić information content (AvgIpc) is 2.48. The number of hydrogen-bond donors (Lipinski definition) is 1. The molecule has 0 aliphatic rings. The smallest absolute Gasteiger partial charge is 0.254 e. The topological polar surface area (TPSA) is 46.3 Å². The van der Waals surface area contributed by atoms with Gasteiger partial charge in [-0.3, -0.25) is 4.79 Å². The molecule has 0 aliphatic heterocycles. The third-order valence-corrected chi connectivity index (χ3v) is 4.36. The Morgan fingerprint density at radius 3 is 2.57 bits per heavy atom. The van der Waals surface area contributed by atoms with E-state index in [4.69, 9.17) is 5.73 Å². The molecule has 0 spiro atoms. The van der Waals surface area contributed by atoms with Crippen LogP contribution in [0.1, 0.15) is 28.4 Å². The molecular formula is C17H19BrN2O. The Kier molecular flexibility index (Phi) is 5.02. The number of anilines is 1. The molecule has 0 aromatic heterocycles. The van der Waals surface area contributed by atoms with Crippen LogP contribution in [0.25, 0.3) is 0 Å². The van der Waals surface area contributed by atoms with Gasteiger partial charge in [0.15, 0.2) is 0 Å². The first-order valence-electron chi connectivity index (χ1n) is 6.91. The fourth-order valence-corrected chi connectivity index (χ4v) is 2.50. The van der Waals surface area contributed by atoms with Gasteiger partial charge in [-0.2, -0.15) is 0 Å². The average molecular weight is 347 g/mol. The molecule has 21 heavy (non-hydrogen) atoms. The molecule has 110 valence electrons. The normalized spacial score (nSPS) is 10.4. The highest BCUT2D eigenvalue weighted by Gasteiger charge is 2.16. The minimum absolute atomic E-state index is 0.0152. The van der Waals surface area contributed by atoms with Crippen molar-refractivity contribution in [2.24, 2.45) is 0 Å². The maximum absolute atomic E-state index is 12.6. The summed E-state index contributed by atoms with van der Waals surface area (Å²) in [6, 6.07) is 13.3. The van der Waals surface area contributed by atoms with E-state index in [1.165, 1.54) is 0 Å². The van der Waals surface area contributed by atoms with Gasteiger partial charge in [0.2, 0.25) is 0 Å². The minimum atomic E-state index is 0.0152. The molecule has 1 amide bonds. The van der Waals surface area contributed by atoms with Crippen LogP contribution in [0.3, 0.4) is 0 Å². The molecule has 2 N–H and O–H groups in total. The lowest BCUT2D eigenvalue weighted by atomic mass is 10.1. The number of halogens is 1. The van der Waals surface area contributed by atoms with E-state index in [9.17, 15) is 4.79 Å². The summed E-state index contributed by atoms with van der Waals surface area (Å²) in [5, 5.41) is 0. The molecule has 0 heterocycles. The van der Waals surface area contributed by atoms with Crippen LogP contribution in [-0.4, -0.2) is 17.4 Å². The van der Waals surface area contributed by atoms with E-state index < -0.39 is 0 Å². The number of rotatable bonds is 4. The van der Waals surface area contributed by atoms with Crippen molar-refractivity contribution in [1.82, 2.24) is 4.90 Å². The number of aryl methyl sites for hydroxylation is 1. The van der Waals surface area contributed by atoms with Gasteiger partial charge >= 0.3 is 0 Å². The van der Waals surface area contributed by atoms with E-state index in [1.807, 2.05) is 56.3 Å². The van der Waals surface area contributed by atoms with Crippen LogP contribution in [0.15, 0.2) is 46.9 Å². The van der Waals surface area contributed by atoms with Gasteiger partial charge in [-0.1, -0.05) is 40.2 Å². The molecule has 2 aromatic carbocycles. The van der Waals surface area contributed by atoms with Gasteiger partial charge in [0.05, 0.1) is 0 Å². The summed E-state index contributed by atoms with van der Waals surface area (Å²) in [4.78, 5) is 14.4. The van der Waals surface area contributed by atoms with Crippen LogP contribution in [0.5, 0.6) is 0 Å². The molecule has 0 atom stereocenters. The summed E-state index contributed by atoms with van der Waals surface area (Å²) >= 11 is 3.47. The first kappa shape index (κ1) is 15.6. The summed E-state index contributed by atoms with van der Waals surface area (Å²) in [6.45, 7) is 5.13. The first-order valence-corrected chi connectivity index (χ1v) is 7.71. The summed E-state index contributed by atoms with van der Waals surface area (Å²) < 4.78 is 0.948. The number of nitrogen functional groups attached to an aromatic ring is 1. The zero-order valence-electron chi connectivity index (χ0n) is 12.3. The Bertz CT molecular complexity index is 655. The second kappa shape index (κ2) is 6.76. The predicted octanol–water partition coefficient (Wildman–Crippen LogP) is 4.00. The van der Waals surface area contributed by atoms with Crippen molar-refractivity contribution in [2.45, 2.75) is 20.4 Å². The lowest BCUT2D eigenvalue weighted by Gasteiger charge is -2.22. The molecule has 0 radical (unpaired) electrons. The SMILES string of the molecule is CCN(Cc1ccccc1N)C(=O)c1ccc(C)c(Br)c1. The second-order valence-electron chi connectivity index (χ2n) is 4.98. The number of carbonyl (C=O) groups excluding carboxylic acids is 1. The molecule has 0 bridgehead atoms. The summed E-state index contributed by atoms with van der Waals surface area (Å²) in [6.07, 6.45) is 0. The van der Waals surface area contributed by atoms with Crippen LogP contribution >= 0.6 is 15.9 Å². The molecular weight excluding hydrogens is 328 g/mol. The van der Waals surface area contributed by atoms with Crippen molar-refractivity contribution in [2.75, 3.05) is 12.3 Å². The van der Waals surface area contributed by atoms with Crippen molar-refractivity contribution in [3.63, 3.8) is 0 Å². The van der Waals surface area contributed by atoms with Crippen molar-refractivity contribution in [1.29, 1.82) is 0 Å². The van der Waals surface area contributed by atoms with Crippen LogP contribution in [-0.2, 0) is 6.54 Å². The zero-order chi connectivity index (χ0) is 15.4. The highest BCUT2D eigenvalue weighted by atomic mass is 79.9. The number of nitrogens with zero attached hydrogens (tertiary/aromatic N) is 1. The van der Waals surface area contributed by atoms with Crippen molar-refractivity contribution >= 4 is 27.5 Å². The number of carbonyl (C=O) groups is 1. The maximum atomic E-state index is 12.6. The van der Waals surface area contributed by atoms with Gasteiger partial charge < -0.3 is 10.6 Å². The highest BCUT2D eigenvalue weighted by Crippen LogP contribution is 2.20. The molecule has 0 saturated heterocycles. The van der Waals surface area contributed by atoms with Gasteiger partial charge in [-0.05, 0) is 43.2 Å². The zero-order valence-corrected chi connectivity index (χ0v) is 13.9. The van der Waals surface area contributed by atoms with E-state index in [2.05, 4.69) is 15.9 Å². The number of nitrogens with two attached hydrogens (primary N) is 1. The van der Waals surface area contributed by atoms with E-state index in [1.54, 1.807) is 4.90 Å². The largest absolute Gasteiger partial charge is 0.398 e. The molecule has 0 fully saturated rings. The first-order chi connectivity index (χ1) is 10.0. The third kappa shape index (κ3) is 3.64. The van der Waals surface area contributed by atoms with Crippen molar-refractivity contribution < 1.29 is 4.79 Å². The van der Waals surface area contributed by atoms with E-state index >= 15 is 0 Å². The Balaban J connectivity index is 2.22. The summed E-state index contributed by atoms with van der Waals surface area (Å²) in [5.41, 5.74) is 9.45. The number of benzene rings is 2. The van der Waals surface area contributed by atoms with Gasteiger partial charge in [-0.15, -0.1) is 0 Å². The second-order valence-corrected chi connectivity index (χ2v) is 5.84. The quantitative estimate of drug-likeness (QED) is 0.850. The third-order valence-electron chi connectivity index (χ3n) is 3.50. The molecule has 2 aromatic rings. The lowest BCUT2D eigenvalue weighted by Crippen LogP contribution is -2.30. The van der Waals surface area contributed by atoms with Gasteiger partial charge in [0.1, 0.15) is 0 Å². The lowest BCUT2D eigenvalue weighted by molar-refractivity contribution is 0.0753. The standard InChI is InChI=1S/C17H19BrN2O/c1-3-20(11-14-6-4-5-7-16(14)19)17(21)13-9-8-12(2)15(18)10-13/h4-10H,3,11,19H2,1-2H3. The monoisotopic (exact) mass is 346 g/mol. The van der Waals surface area contributed by atoms with Crippen LogP contribution < -0.4 is 5.73 Å². The Labute approximate surface area is 133 Å². The van der Waals surface area contributed by atoms with Gasteiger partial charge in [-0.25, -0.2) is 0 Å². The minimum Gasteiger partial charge on any atom is -0.398 e. The Morgan fingerprint density at radius 1 is 1.24 bits per heavy atom. The maximum Gasteiger partial charge on any atom is 0.254 e.